The predicted octanol–water partition coefficient (Wildman–Crippen LogP) is 13.1. The van der Waals surface area contributed by atoms with Gasteiger partial charge in [0.1, 0.15) is 29.0 Å². The summed E-state index contributed by atoms with van der Waals surface area (Å²) in [5.74, 6) is 4.09. The van der Waals surface area contributed by atoms with Gasteiger partial charge in [-0.15, -0.1) is 0 Å². The molecule has 4 aliphatic heterocycles. The van der Waals surface area contributed by atoms with Gasteiger partial charge in [-0.3, -0.25) is 4.79 Å². The van der Waals surface area contributed by atoms with E-state index in [0.29, 0.717) is 89.1 Å². The minimum Gasteiger partial charge on any atom is -0.463 e. The topological polar surface area (TPSA) is 266 Å². The molecule has 17 aliphatic rings. The van der Waals surface area contributed by atoms with Crippen molar-refractivity contribution in [3.05, 3.63) is 72.9 Å². The lowest BCUT2D eigenvalue weighted by Crippen LogP contribution is -2.62. The maximum atomic E-state index is 12.1. The van der Waals surface area contributed by atoms with Crippen molar-refractivity contribution in [3.8, 4) is 0 Å². The molecule has 20 nitrogen and oxygen atoms in total. The molecule has 100 heavy (non-hydrogen) atoms. The van der Waals surface area contributed by atoms with Gasteiger partial charge in [0.25, 0.3) is 0 Å². The average molecular weight is 1400 g/mol. The van der Waals surface area contributed by atoms with Gasteiger partial charge in [0.2, 0.25) is 6.10 Å². The highest BCUT2D eigenvalue weighted by Crippen LogP contribution is 2.63. The summed E-state index contributed by atoms with van der Waals surface area (Å²) in [6.07, 6.45) is 23.9. The second-order valence-corrected chi connectivity index (χ2v) is 32.7. The minimum absolute atomic E-state index is 0.0241. The Hall–Kier alpha value is -6.41. The molecule has 8 unspecified atom stereocenters. The number of hydrogen-bond donors (Lipinski definition) is 1. The van der Waals surface area contributed by atoms with Crippen LogP contribution in [0.5, 0.6) is 0 Å². The SMILES string of the molecule is C=C(C)C(=O)OC1(C(C)C)C2CC3CC(C2)CC1C3.C=C(C)C(=O)OC1(CC)C2CC3CC(C2)CC1C3.C=C(C)C(=O)OC1(CC)CCCCC1.C=C(C)C(=O)OC1C2CC3CC1CC(O)(C3)C2.C=C(C)C(=O)OC1CCOC1=O.C=C(C)C(=O)OCC(=O)OC1C2CC3C(=O)OC1C3O2. The summed E-state index contributed by atoms with van der Waals surface area (Å²) in [5.41, 5.74) is 1.53. The summed E-state index contributed by atoms with van der Waals surface area (Å²) < 4.78 is 53.2. The number of rotatable bonds is 17. The molecule has 0 aromatic rings. The number of ether oxygens (including phenoxy) is 10. The number of carbonyl (C=O) groups is 9. The summed E-state index contributed by atoms with van der Waals surface area (Å²) in [4.78, 5) is 103. The fourth-order valence-corrected chi connectivity index (χ4v) is 20.4. The standard InChI is InChI=1S/C17H26O2.C16H24O2.C14H20O3.C13H14O7.C12H20O2.C8H10O4/c1-10(2)16(18)19-17(11(3)4)14-6-12-5-13(8-14)9-15(17)7-12;1-4-16(18-15(17)10(2)3)13-6-11-5-12(8-13)9-14(16)7-11;1-8(2)13(15)17-12-10-3-9-4-11(12)7-14(16,5-9)6-10;1-5(2)12(15)17-4-8(14)19-10-7-3-6-9(18-7)11(10)20-13(6)16;1-4-12(8-6-5-7-9-12)14-11(13)10(2)3;1-5(2)7(9)12-6-3-4-11-8(6)10/h11-15H,1,5-9H2,2-4H3;11-14H,2,4-9H2,1,3H3;9-12,16H,1,3-7H2,2H3;6-7,9-11H,1,3-4H2,2H3;2,4-9H2,1,3H3;6H,1,3-4H2,2H3. The van der Waals surface area contributed by atoms with Crippen LogP contribution in [-0.4, -0.2) is 131 Å². The lowest BCUT2D eigenvalue weighted by Gasteiger charge is -2.61. The van der Waals surface area contributed by atoms with E-state index in [1.165, 1.54) is 97.3 Å². The zero-order chi connectivity index (χ0) is 73.1. The van der Waals surface area contributed by atoms with Gasteiger partial charge in [-0.25, -0.2) is 38.4 Å². The zero-order valence-corrected chi connectivity index (χ0v) is 61.3. The van der Waals surface area contributed by atoms with Crippen molar-refractivity contribution in [1.82, 2.24) is 0 Å². The summed E-state index contributed by atoms with van der Waals surface area (Å²) in [5, 5.41) is 10.4. The van der Waals surface area contributed by atoms with Crippen LogP contribution >= 0.6 is 0 Å². The zero-order valence-electron chi connectivity index (χ0n) is 61.3. The molecule has 13 aliphatic carbocycles. The first kappa shape index (κ1) is 77.7. The van der Waals surface area contributed by atoms with E-state index in [9.17, 15) is 48.3 Å². The van der Waals surface area contributed by atoms with E-state index in [-0.39, 0.29) is 82.0 Å². The predicted molar refractivity (Wildman–Crippen MR) is 369 cm³/mol. The largest absolute Gasteiger partial charge is 0.463 e. The lowest BCUT2D eigenvalue weighted by atomic mass is 9.47. The van der Waals surface area contributed by atoms with Gasteiger partial charge in [-0.2, -0.15) is 0 Å². The highest BCUT2D eigenvalue weighted by Gasteiger charge is 2.66. The molecule has 554 valence electrons. The van der Waals surface area contributed by atoms with Crippen molar-refractivity contribution < 1.29 is 95.6 Å². The maximum absolute atomic E-state index is 12.1. The molecule has 17 rings (SSSR count). The molecular formula is C80H114O20. The van der Waals surface area contributed by atoms with E-state index in [1.54, 1.807) is 27.7 Å². The van der Waals surface area contributed by atoms with E-state index in [4.69, 9.17) is 42.6 Å². The Bertz CT molecular complexity index is 3110. The molecular weight excluding hydrogens is 1280 g/mol. The van der Waals surface area contributed by atoms with E-state index in [1.807, 2.05) is 0 Å². The summed E-state index contributed by atoms with van der Waals surface area (Å²) in [6, 6.07) is 0. The van der Waals surface area contributed by atoms with E-state index in [2.05, 4.69) is 71.9 Å². The van der Waals surface area contributed by atoms with Crippen LogP contribution in [0.25, 0.3) is 0 Å². The van der Waals surface area contributed by atoms with Crippen molar-refractivity contribution in [1.29, 1.82) is 0 Å². The fraction of sp³-hybridized carbons (Fsp3) is 0.738. The molecule has 0 spiro atoms. The Balaban J connectivity index is 0.000000141. The number of hydrogen-bond acceptors (Lipinski definition) is 20. The fourth-order valence-electron chi connectivity index (χ4n) is 20.4. The van der Waals surface area contributed by atoms with Crippen LogP contribution in [0, 0.1) is 76.9 Å². The Morgan fingerprint density at radius 2 is 0.990 bits per heavy atom. The van der Waals surface area contributed by atoms with E-state index < -0.39 is 54.4 Å². The number of cyclic esters (lactones) is 1. The first-order valence-corrected chi connectivity index (χ1v) is 37.3. The molecule has 4 heterocycles. The molecule has 0 radical (unpaired) electrons. The molecule has 8 atom stereocenters. The summed E-state index contributed by atoms with van der Waals surface area (Å²) in [6.45, 7) is 40.0. The quantitative estimate of drug-likeness (QED) is 0.0805. The normalized spacial score (nSPS) is 37.1. The van der Waals surface area contributed by atoms with Gasteiger partial charge in [-0.05, 0) is 254 Å². The van der Waals surface area contributed by atoms with E-state index >= 15 is 0 Å². The first-order chi connectivity index (χ1) is 47.1. The third-order valence-corrected chi connectivity index (χ3v) is 24.7. The van der Waals surface area contributed by atoms with Crippen LogP contribution in [0.4, 0.5) is 0 Å². The average Bonchev–Trinajstić information content (AvgIpc) is 0.846. The van der Waals surface area contributed by atoms with Gasteiger partial charge in [-0.1, -0.05) is 73.6 Å². The monoisotopic (exact) mass is 1390 g/mol. The maximum Gasteiger partial charge on any atom is 0.347 e. The lowest BCUT2D eigenvalue weighted by molar-refractivity contribution is -0.221. The second-order valence-electron chi connectivity index (χ2n) is 32.7. The third-order valence-electron chi connectivity index (χ3n) is 24.7. The van der Waals surface area contributed by atoms with Gasteiger partial charge >= 0.3 is 53.7 Å². The molecule has 13 saturated carbocycles. The van der Waals surface area contributed by atoms with Crippen molar-refractivity contribution in [2.24, 2.45) is 76.9 Å². The van der Waals surface area contributed by atoms with Crippen molar-refractivity contribution in [3.63, 3.8) is 0 Å². The highest BCUT2D eigenvalue weighted by atomic mass is 16.7. The number of esters is 9. The molecule has 20 heteroatoms. The Morgan fingerprint density at radius 1 is 0.510 bits per heavy atom. The van der Waals surface area contributed by atoms with Gasteiger partial charge < -0.3 is 52.5 Å². The first-order valence-electron chi connectivity index (χ1n) is 37.3. The van der Waals surface area contributed by atoms with Crippen LogP contribution in [0.2, 0.25) is 0 Å². The molecule has 1 N–H and O–H groups in total. The molecule has 0 aromatic carbocycles. The van der Waals surface area contributed by atoms with Gasteiger partial charge in [0, 0.05) is 39.9 Å². The molecule has 0 aromatic heterocycles. The number of aliphatic hydroxyl groups is 1. The van der Waals surface area contributed by atoms with Crippen LogP contribution in [0.1, 0.15) is 223 Å². The van der Waals surface area contributed by atoms with Gasteiger partial charge in [0.05, 0.1) is 24.2 Å². The van der Waals surface area contributed by atoms with Crippen LogP contribution in [0.15, 0.2) is 72.9 Å². The molecule has 17 fully saturated rings. The number of carbonyl (C=O) groups excluding carboxylic acids is 9. The minimum atomic E-state index is -0.728. The Labute approximate surface area is 592 Å². The Morgan fingerprint density at radius 3 is 1.44 bits per heavy atom. The Kier molecular flexibility index (Phi) is 24.9. The second kappa shape index (κ2) is 32.1. The van der Waals surface area contributed by atoms with Crippen molar-refractivity contribution in [2.45, 2.75) is 282 Å². The molecule has 0 amide bonds. The molecule has 4 saturated heterocycles. The highest BCUT2D eigenvalue weighted by molar-refractivity contribution is 5.91. The smallest absolute Gasteiger partial charge is 0.347 e. The van der Waals surface area contributed by atoms with Crippen molar-refractivity contribution >= 4 is 53.7 Å². The van der Waals surface area contributed by atoms with Crippen LogP contribution in [-0.2, 0) is 90.5 Å². The molecule has 14 bridgehead atoms. The van der Waals surface area contributed by atoms with Gasteiger partial charge in [0.15, 0.2) is 18.8 Å². The van der Waals surface area contributed by atoms with E-state index in [0.717, 1.165) is 81.5 Å². The van der Waals surface area contributed by atoms with Crippen LogP contribution < -0.4 is 0 Å². The number of fused-ring (bicyclic) bond motifs is 1. The third kappa shape index (κ3) is 17.3. The summed E-state index contributed by atoms with van der Waals surface area (Å²) in [7, 11) is 0. The van der Waals surface area contributed by atoms with Crippen LogP contribution in [0.3, 0.4) is 0 Å². The van der Waals surface area contributed by atoms with Crippen molar-refractivity contribution in [2.75, 3.05) is 13.2 Å². The summed E-state index contributed by atoms with van der Waals surface area (Å²) >= 11 is 0.